The van der Waals surface area contributed by atoms with Crippen LogP contribution in [0.1, 0.15) is 49.0 Å². The first kappa shape index (κ1) is 30.0. The summed E-state index contributed by atoms with van der Waals surface area (Å²) in [5.41, 5.74) is 2.75. The molecular weight excluding hydrogens is 590 g/mol. The number of amides is 4. The van der Waals surface area contributed by atoms with Gasteiger partial charge in [-0.25, -0.2) is 9.59 Å². The van der Waals surface area contributed by atoms with Gasteiger partial charge < -0.3 is 29.7 Å². The molecule has 0 spiro atoms. The summed E-state index contributed by atoms with van der Waals surface area (Å²) in [5, 5.41) is 13.0. The number of nitrogens with one attached hydrogen (secondary N) is 2. The molecule has 3 fully saturated rings. The van der Waals surface area contributed by atoms with E-state index in [0.29, 0.717) is 57.9 Å². The number of fused-ring (bicyclic) bond motifs is 2. The standard InChI is InChI=1S/C33H43N7O4S/c1-37-11-4-23(5-12-37)24-6-13-38(14-7-24)31(41)29(19-22-2-3-27-25(18-22)20-34-36-27)44-33(43)39-15-8-26(9-16-39)40-21-30-28(10-17-45-30)35-32(40)42/h2-3,10,17-18,20,23-24,26,29H,4-9,11-16,19,21H2,1H3,(H,34,36)(H,35,42)/t29-/m1/s1. The number of hydrogen-bond donors (Lipinski definition) is 2. The van der Waals surface area contributed by atoms with Crippen molar-refractivity contribution >= 4 is 46.0 Å². The van der Waals surface area contributed by atoms with E-state index in [1.165, 1.54) is 12.8 Å². The van der Waals surface area contributed by atoms with Crippen LogP contribution in [0.25, 0.3) is 10.9 Å². The summed E-state index contributed by atoms with van der Waals surface area (Å²) < 4.78 is 6.07. The summed E-state index contributed by atoms with van der Waals surface area (Å²) in [6.07, 6.45) is 6.55. The number of ether oxygens (including phenoxy) is 1. The highest BCUT2D eigenvalue weighted by Gasteiger charge is 2.37. The number of urea groups is 1. The summed E-state index contributed by atoms with van der Waals surface area (Å²) in [7, 11) is 2.19. The van der Waals surface area contributed by atoms with E-state index < -0.39 is 12.2 Å². The molecular formula is C33H43N7O4S. The quantitative estimate of drug-likeness (QED) is 0.405. The smallest absolute Gasteiger partial charge is 0.410 e. The molecule has 12 heteroatoms. The lowest BCUT2D eigenvalue weighted by Gasteiger charge is -2.41. The van der Waals surface area contributed by atoms with Crippen molar-refractivity contribution < 1.29 is 19.1 Å². The number of likely N-dealkylation sites (tertiary alicyclic amines) is 3. The first-order valence-corrected chi connectivity index (χ1v) is 17.3. The third kappa shape index (κ3) is 6.53. The van der Waals surface area contributed by atoms with Gasteiger partial charge in [0.05, 0.1) is 23.9 Å². The number of carbonyl (C=O) groups is 3. The maximum absolute atomic E-state index is 14.0. The van der Waals surface area contributed by atoms with Crippen LogP contribution < -0.4 is 5.32 Å². The number of rotatable bonds is 6. The number of aromatic amines is 1. The summed E-state index contributed by atoms with van der Waals surface area (Å²) >= 11 is 1.65. The Bertz CT molecular complexity index is 1520. The number of carbonyl (C=O) groups excluding carboxylic acids is 3. The SMILES string of the molecule is CN1CCC(C2CCN(C(=O)[C@@H](Cc3ccc4[nH]ncc4c3)OC(=O)N3CCC(N4Cc5sccc5NC4=O)CC3)CC2)CC1. The second-order valence-corrected chi connectivity index (χ2v) is 14.2. The van der Waals surface area contributed by atoms with Crippen molar-refractivity contribution in [2.75, 3.05) is 51.6 Å². The van der Waals surface area contributed by atoms with E-state index in [0.717, 1.165) is 58.9 Å². The molecule has 0 saturated carbocycles. The van der Waals surface area contributed by atoms with Crippen LogP contribution in [0.5, 0.6) is 0 Å². The third-order valence-electron chi connectivity index (χ3n) is 10.5. The largest absolute Gasteiger partial charge is 0.436 e. The van der Waals surface area contributed by atoms with Crippen molar-refractivity contribution in [2.24, 2.45) is 11.8 Å². The molecule has 3 aromatic rings. The highest BCUT2D eigenvalue weighted by atomic mass is 32.1. The first-order valence-electron chi connectivity index (χ1n) is 16.4. The number of thiophene rings is 1. The number of nitrogens with zero attached hydrogens (tertiary/aromatic N) is 5. The van der Waals surface area contributed by atoms with Gasteiger partial charge in [-0.2, -0.15) is 5.10 Å². The maximum atomic E-state index is 14.0. The van der Waals surface area contributed by atoms with Crippen LogP contribution in [0.3, 0.4) is 0 Å². The molecule has 0 bridgehead atoms. The summed E-state index contributed by atoms with van der Waals surface area (Å²) in [6, 6.07) is 7.84. The first-order chi connectivity index (χ1) is 21.9. The predicted octanol–water partition coefficient (Wildman–Crippen LogP) is 4.76. The molecule has 6 heterocycles. The Morgan fingerprint density at radius 2 is 1.69 bits per heavy atom. The van der Waals surface area contributed by atoms with Gasteiger partial charge in [0.25, 0.3) is 5.91 Å². The molecule has 2 aromatic heterocycles. The molecule has 240 valence electrons. The van der Waals surface area contributed by atoms with Crippen molar-refractivity contribution in [1.29, 1.82) is 0 Å². The van der Waals surface area contributed by atoms with Gasteiger partial charge in [0.15, 0.2) is 6.10 Å². The fourth-order valence-corrected chi connectivity index (χ4v) is 8.47. The van der Waals surface area contributed by atoms with Gasteiger partial charge in [-0.15, -0.1) is 11.3 Å². The van der Waals surface area contributed by atoms with Gasteiger partial charge in [0, 0.05) is 48.9 Å². The fourth-order valence-electron chi connectivity index (χ4n) is 7.65. The lowest BCUT2D eigenvalue weighted by molar-refractivity contribution is -0.142. The zero-order valence-corrected chi connectivity index (χ0v) is 26.8. The highest BCUT2D eigenvalue weighted by molar-refractivity contribution is 7.10. The molecule has 2 N–H and O–H groups in total. The lowest BCUT2D eigenvalue weighted by atomic mass is 9.79. The maximum Gasteiger partial charge on any atom is 0.410 e. The van der Waals surface area contributed by atoms with E-state index in [-0.39, 0.29) is 18.0 Å². The second kappa shape index (κ2) is 13.0. The Kier molecular flexibility index (Phi) is 8.68. The number of benzene rings is 1. The lowest BCUT2D eigenvalue weighted by Crippen LogP contribution is -2.52. The van der Waals surface area contributed by atoms with Crippen molar-refractivity contribution in [1.82, 2.24) is 29.8 Å². The van der Waals surface area contributed by atoms with E-state index >= 15 is 0 Å². The van der Waals surface area contributed by atoms with Crippen LogP contribution in [0.4, 0.5) is 15.3 Å². The molecule has 1 atom stereocenters. The molecule has 0 unspecified atom stereocenters. The third-order valence-corrected chi connectivity index (χ3v) is 11.4. The van der Waals surface area contributed by atoms with E-state index in [2.05, 4.69) is 27.5 Å². The molecule has 4 aliphatic heterocycles. The molecule has 3 saturated heterocycles. The molecule has 11 nitrogen and oxygen atoms in total. The summed E-state index contributed by atoms with van der Waals surface area (Å²) in [4.78, 5) is 49.3. The van der Waals surface area contributed by atoms with Crippen molar-refractivity contribution in [3.8, 4) is 0 Å². The number of H-pyrrole nitrogens is 1. The van der Waals surface area contributed by atoms with Crippen molar-refractivity contribution in [3.05, 3.63) is 46.3 Å². The average molecular weight is 634 g/mol. The minimum atomic E-state index is -0.899. The van der Waals surface area contributed by atoms with Gasteiger partial charge in [-0.3, -0.25) is 9.89 Å². The number of aromatic nitrogens is 2. The van der Waals surface area contributed by atoms with Crippen LogP contribution in [0.15, 0.2) is 35.8 Å². The minimum absolute atomic E-state index is 0.0503. The topological polar surface area (TPSA) is 114 Å². The van der Waals surface area contributed by atoms with E-state index in [1.54, 1.807) is 22.4 Å². The Hall–Kier alpha value is -3.64. The summed E-state index contributed by atoms with van der Waals surface area (Å²) in [6.45, 7) is 5.28. The molecule has 4 aliphatic rings. The van der Waals surface area contributed by atoms with Gasteiger partial charge >= 0.3 is 12.1 Å². The molecule has 0 aliphatic carbocycles. The van der Waals surface area contributed by atoms with Crippen LogP contribution >= 0.6 is 11.3 Å². The molecule has 1 aromatic carbocycles. The number of anilines is 1. The van der Waals surface area contributed by atoms with Crippen LogP contribution in [-0.2, 0) is 22.5 Å². The van der Waals surface area contributed by atoms with Crippen LogP contribution in [-0.4, -0.2) is 106 Å². The van der Waals surface area contributed by atoms with Crippen LogP contribution in [0, 0.1) is 11.8 Å². The zero-order valence-electron chi connectivity index (χ0n) is 26.0. The van der Waals surface area contributed by atoms with E-state index in [1.807, 2.05) is 39.4 Å². The predicted molar refractivity (Wildman–Crippen MR) is 173 cm³/mol. The van der Waals surface area contributed by atoms with Crippen LogP contribution in [0.2, 0.25) is 0 Å². The number of hydrogen-bond acceptors (Lipinski definition) is 7. The van der Waals surface area contributed by atoms with E-state index in [9.17, 15) is 14.4 Å². The van der Waals surface area contributed by atoms with Gasteiger partial charge in [-0.05, 0) is 99.6 Å². The normalized spacial score (nSPS) is 21.5. The van der Waals surface area contributed by atoms with Gasteiger partial charge in [0.1, 0.15) is 0 Å². The monoisotopic (exact) mass is 633 g/mol. The van der Waals surface area contributed by atoms with Gasteiger partial charge in [-0.1, -0.05) is 6.07 Å². The highest BCUT2D eigenvalue weighted by Crippen LogP contribution is 2.34. The van der Waals surface area contributed by atoms with Crippen molar-refractivity contribution in [3.63, 3.8) is 0 Å². The Labute approximate surface area is 267 Å². The minimum Gasteiger partial charge on any atom is -0.436 e. The fraction of sp³-hybridized carbons (Fsp3) is 0.576. The molecule has 45 heavy (non-hydrogen) atoms. The zero-order chi connectivity index (χ0) is 30.9. The van der Waals surface area contributed by atoms with E-state index in [4.69, 9.17) is 4.74 Å². The second-order valence-electron chi connectivity index (χ2n) is 13.2. The molecule has 4 amide bonds. The van der Waals surface area contributed by atoms with Gasteiger partial charge in [0.2, 0.25) is 0 Å². The molecule has 7 rings (SSSR count). The Balaban J connectivity index is 0.989. The average Bonchev–Trinajstić information content (AvgIpc) is 3.73. The Morgan fingerprint density at radius 3 is 2.44 bits per heavy atom. The Morgan fingerprint density at radius 1 is 0.978 bits per heavy atom. The van der Waals surface area contributed by atoms with Crippen molar-refractivity contribution in [2.45, 2.75) is 63.6 Å². The number of piperidine rings is 3. The molecule has 0 radical (unpaired) electrons. The summed E-state index contributed by atoms with van der Waals surface area (Å²) in [5.74, 6) is 1.28.